The van der Waals surface area contributed by atoms with Crippen LogP contribution in [0.4, 0.5) is 22.0 Å². The molecule has 2 heterocycles. The minimum Gasteiger partial charge on any atom is -0.392 e. The Bertz CT molecular complexity index is 1720. The highest BCUT2D eigenvalue weighted by atomic mass is 19.2. The predicted octanol–water partition coefficient (Wildman–Crippen LogP) is 6.35. The second kappa shape index (κ2) is 14.9. The van der Waals surface area contributed by atoms with Gasteiger partial charge in [-0.15, -0.1) is 0 Å². The van der Waals surface area contributed by atoms with Gasteiger partial charge < -0.3 is 24.6 Å². The first kappa shape index (κ1) is 33.7. The van der Waals surface area contributed by atoms with Gasteiger partial charge in [-0.3, -0.25) is 9.69 Å². The summed E-state index contributed by atoms with van der Waals surface area (Å²) in [5.74, 6) is -12.5. The van der Waals surface area contributed by atoms with E-state index in [1.54, 1.807) is 24.3 Å². The van der Waals surface area contributed by atoms with E-state index in [-0.39, 0.29) is 25.4 Å². The van der Waals surface area contributed by atoms with Crippen LogP contribution in [0.2, 0.25) is 0 Å². The number of halogens is 5. The molecule has 48 heavy (non-hydrogen) atoms. The SMILES string of the molecule is O=C(NCc1ccccc1-c1ccc(C2OC(CN3CCOCC3)CC(c3ccc(CO)cc3)O2)cc1)c1c(F)c(F)c(F)c(F)c1F. The first-order valence-corrected chi connectivity index (χ1v) is 15.5. The van der Waals surface area contributed by atoms with E-state index in [1.165, 1.54) is 0 Å². The fourth-order valence-corrected chi connectivity index (χ4v) is 5.95. The first-order valence-electron chi connectivity index (χ1n) is 15.5. The molecule has 252 valence electrons. The molecular formula is C36H33F5N2O5. The average Bonchev–Trinajstić information content (AvgIpc) is 3.13. The summed E-state index contributed by atoms with van der Waals surface area (Å²) in [6.07, 6.45) is -0.387. The van der Waals surface area contributed by atoms with Crippen molar-refractivity contribution < 1.29 is 46.1 Å². The van der Waals surface area contributed by atoms with Gasteiger partial charge in [-0.25, -0.2) is 22.0 Å². The molecule has 3 atom stereocenters. The van der Waals surface area contributed by atoms with Crippen molar-refractivity contribution in [3.63, 3.8) is 0 Å². The summed E-state index contributed by atoms with van der Waals surface area (Å²) in [6.45, 7) is 3.39. The molecule has 0 saturated carbocycles. The summed E-state index contributed by atoms with van der Waals surface area (Å²) in [5.41, 5.74) is 2.99. The molecule has 6 rings (SSSR count). The van der Waals surface area contributed by atoms with Crippen LogP contribution in [0.15, 0.2) is 72.8 Å². The smallest absolute Gasteiger partial charge is 0.257 e. The Morgan fingerprint density at radius 3 is 2.08 bits per heavy atom. The third kappa shape index (κ3) is 7.27. The Labute approximate surface area is 273 Å². The first-order chi connectivity index (χ1) is 23.2. The van der Waals surface area contributed by atoms with Crippen LogP contribution < -0.4 is 5.32 Å². The monoisotopic (exact) mass is 668 g/mol. The summed E-state index contributed by atoms with van der Waals surface area (Å²) in [5, 5.41) is 11.7. The summed E-state index contributed by atoms with van der Waals surface area (Å²) >= 11 is 0. The van der Waals surface area contributed by atoms with Crippen molar-refractivity contribution in [2.24, 2.45) is 0 Å². The number of aliphatic hydroxyl groups is 1. The molecule has 2 fully saturated rings. The van der Waals surface area contributed by atoms with Crippen molar-refractivity contribution in [3.8, 4) is 11.1 Å². The van der Waals surface area contributed by atoms with E-state index in [4.69, 9.17) is 14.2 Å². The van der Waals surface area contributed by atoms with Gasteiger partial charge in [-0.05, 0) is 27.8 Å². The Morgan fingerprint density at radius 2 is 1.42 bits per heavy atom. The molecule has 2 aliphatic heterocycles. The largest absolute Gasteiger partial charge is 0.392 e. The van der Waals surface area contributed by atoms with E-state index in [1.807, 2.05) is 48.5 Å². The molecule has 0 spiro atoms. The van der Waals surface area contributed by atoms with Crippen LogP contribution in [0.1, 0.15) is 51.4 Å². The molecule has 7 nitrogen and oxygen atoms in total. The van der Waals surface area contributed by atoms with E-state index < -0.39 is 46.8 Å². The summed E-state index contributed by atoms with van der Waals surface area (Å²) in [7, 11) is 0. The summed E-state index contributed by atoms with van der Waals surface area (Å²) in [4.78, 5) is 14.9. The third-order valence-corrected chi connectivity index (χ3v) is 8.57. The number of aliphatic hydroxyl groups excluding tert-OH is 1. The third-order valence-electron chi connectivity index (χ3n) is 8.57. The number of rotatable bonds is 9. The highest BCUT2D eigenvalue weighted by Crippen LogP contribution is 2.39. The molecule has 2 aliphatic rings. The van der Waals surface area contributed by atoms with Crippen LogP contribution in [-0.4, -0.2) is 54.9 Å². The molecule has 0 aliphatic carbocycles. The van der Waals surface area contributed by atoms with Crippen LogP contribution in [0.25, 0.3) is 11.1 Å². The van der Waals surface area contributed by atoms with Crippen molar-refractivity contribution in [3.05, 3.63) is 130 Å². The standard InChI is InChI=1S/C36H33F5N2O5/c37-30-29(31(38)33(40)34(41)32(30)39)35(45)42-18-25-3-1-2-4-27(25)22-9-11-24(12-10-22)36-47-26(19-43-13-15-46-16-14-43)17-28(48-36)23-7-5-21(20-44)6-8-23/h1-12,26,28,36,44H,13-20H2,(H,42,45). The lowest BCUT2D eigenvalue weighted by atomic mass is 9.97. The normalized spacial score (nSPS) is 20.1. The van der Waals surface area contributed by atoms with Crippen LogP contribution in [0.5, 0.6) is 0 Å². The zero-order valence-corrected chi connectivity index (χ0v) is 25.7. The van der Waals surface area contributed by atoms with Crippen LogP contribution in [0.3, 0.4) is 0 Å². The van der Waals surface area contributed by atoms with Crippen molar-refractivity contribution in [2.75, 3.05) is 32.8 Å². The number of morpholine rings is 1. The zero-order valence-electron chi connectivity index (χ0n) is 25.7. The number of nitrogens with zero attached hydrogens (tertiary/aromatic N) is 1. The van der Waals surface area contributed by atoms with Gasteiger partial charge in [0, 0.05) is 38.2 Å². The Hall–Kier alpha value is -4.20. The van der Waals surface area contributed by atoms with E-state index in [0.29, 0.717) is 30.8 Å². The lowest BCUT2D eigenvalue weighted by molar-refractivity contribution is -0.253. The van der Waals surface area contributed by atoms with Gasteiger partial charge in [0.25, 0.3) is 5.91 Å². The predicted molar refractivity (Wildman–Crippen MR) is 165 cm³/mol. The van der Waals surface area contributed by atoms with E-state index in [2.05, 4.69) is 10.2 Å². The molecule has 2 N–H and O–H groups in total. The number of carbonyl (C=O) groups is 1. The van der Waals surface area contributed by atoms with Crippen LogP contribution >= 0.6 is 0 Å². The molecule has 2 saturated heterocycles. The molecule has 4 aromatic rings. The second-order valence-corrected chi connectivity index (χ2v) is 11.7. The topological polar surface area (TPSA) is 80.3 Å². The molecule has 0 aromatic heterocycles. The number of nitrogens with one attached hydrogen (secondary N) is 1. The maximum Gasteiger partial charge on any atom is 0.257 e. The molecule has 3 unspecified atom stereocenters. The van der Waals surface area contributed by atoms with E-state index in [9.17, 15) is 31.9 Å². The number of hydrogen-bond acceptors (Lipinski definition) is 6. The quantitative estimate of drug-likeness (QED) is 0.123. The maximum absolute atomic E-state index is 14.2. The van der Waals surface area contributed by atoms with Crippen LogP contribution in [0, 0.1) is 29.1 Å². The lowest BCUT2D eigenvalue weighted by Gasteiger charge is -2.39. The van der Waals surface area contributed by atoms with E-state index in [0.717, 1.165) is 41.9 Å². The van der Waals surface area contributed by atoms with Crippen molar-refractivity contribution in [1.29, 1.82) is 0 Å². The van der Waals surface area contributed by atoms with Crippen molar-refractivity contribution in [2.45, 2.75) is 38.1 Å². The van der Waals surface area contributed by atoms with Gasteiger partial charge >= 0.3 is 0 Å². The number of ether oxygens (including phenoxy) is 3. The second-order valence-electron chi connectivity index (χ2n) is 11.7. The molecule has 1 amide bonds. The van der Waals surface area contributed by atoms with Gasteiger partial charge in [0.05, 0.1) is 32.0 Å². The summed E-state index contributed by atoms with van der Waals surface area (Å²) in [6, 6.07) is 22.0. The number of amides is 1. The molecule has 0 radical (unpaired) electrons. The average molecular weight is 669 g/mol. The Morgan fingerprint density at radius 1 is 0.792 bits per heavy atom. The fraction of sp³-hybridized carbons (Fsp3) is 0.306. The van der Waals surface area contributed by atoms with Gasteiger partial charge in [0.2, 0.25) is 5.82 Å². The minimum atomic E-state index is -2.33. The van der Waals surface area contributed by atoms with Gasteiger partial charge in [0.15, 0.2) is 29.6 Å². The Balaban J connectivity index is 1.19. The number of benzene rings is 4. The zero-order chi connectivity index (χ0) is 33.8. The Kier molecular flexibility index (Phi) is 10.5. The van der Waals surface area contributed by atoms with Crippen molar-refractivity contribution in [1.82, 2.24) is 10.2 Å². The molecule has 4 aromatic carbocycles. The van der Waals surface area contributed by atoms with Gasteiger partial charge in [-0.1, -0.05) is 72.8 Å². The maximum atomic E-state index is 14.2. The van der Waals surface area contributed by atoms with Gasteiger partial charge in [0.1, 0.15) is 5.56 Å². The molecular weight excluding hydrogens is 635 g/mol. The van der Waals surface area contributed by atoms with Crippen molar-refractivity contribution >= 4 is 5.91 Å². The highest BCUT2D eigenvalue weighted by Gasteiger charge is 2.34. The fourth-order valence-electron chi connectivity index (χ4n) is 5.95. The lowest BCUT2D eigenvalue weighted by Crippen LogP contribution is -2.44. The van der Waals surface area contributed by atoms with Gasteiger partial charge in [-0.2, -0.15) is 0 Å². The van der Waals surface area contributed by atoms with Crippen LogP contribution in [-0.2, 0) is 27.4 Å². The molecule has 12 heteroatoms. The number of carbonyl (C=O) groups excluding carboxylic acids is 1. The molecule has 0 bridgehead atoms. The summed E-state index contributed by atoms with van der Waals surface area (Å²) < 4.78 is 87.6. The minimum absolute atomic E-state index is 0.0512. The van der Waals surface area contributed by atoms with E-state index >= 15 is 0 Å². The number of hydrogen-bond donors (Lipinski definition) is 2. The highest BCUT2D eigenvalue weighted by molar-refractivity contribution is 5.95.